The molecule has 1 aliphatic rings. The highest BCUT2D eigenvalue weighted by Gasteiger charge is 2.04. The fourth-order valence-electron chi connectivity index (χ4n) is 1.13. The lowest BCUT2D eigenvalue weighted by Crippen LogP contribution is -1.98. The number of ketones is 1. The van der Waals surface area contributed by atoms with E-state index in [0.29, 0.717) is 6.42 Å². The standard InChI is InChI=1S/C12H14O/c1-3-5-12(13)11-7-4-6-10(2)8-9-11/h6-9H,3,5H2,1-2H3. The van der Waals surface area contributed by atoms with Gasteiger partial charge in [0.05, 0.1) is 0 Å². The molecule has 0 aromatic carbocycles. The Morgan fingerprint density at radius 2 is 2.15 bits per heavy atom. The molecule has 0 fully saturated rings. The maximum atomic E-state index is 11.5. The van der Waals surface area contributed by atoms with E-state index in [9.17, 15) is 4.79 Å². The van der Waals surface area contributed by atoms with E-state index in [0.717, 1.165) is 17.6 Å². The molecule has 1 aliphatic carbocycles. The molecule has 0 aromatic rings. The average Bonchev–Trinajstić information content (AvgIpc) is 2.30. The molecule has 68 valence electrons. The van der Waals surface area contributed by atoms with E-state index in [-0.39, 0.29) is 5.78 Å². The van der Waals surface area contributed by atoms with E-state index < -0.39 is 0 Å². The summed E-state index contributed by atoms with van der Waals surface area (Å²) in [5.74, 6) is 0.203. The van der Waals surface area contributed by atoms with Crippen LogP contribution in [0.1, 0.15) is 26.7 Å². The second-order valence-corrected chi connectivity index (χ2v) is 3.16. The number of carbonyl (C=O) groups excluding carboxylic acids is 1. The van der Waals surface area contributed by atoms with E-state index in [1.54, 1.807) is 6.08 Å². The highest BCUT2D eigenvalue weighted by Crippen LogP contribution is 2.08. The predicted molar refractivity (Wildman–Crippen MR) is 54.4 cm³/mol. The molecule has 0 heterocycles. The Morgan fingerprint density at radius 1 is 1.38 bits per heavy atom. The molecule has 0 N–H and O–H groups in total. The highest BCUT2D eigenvalue weighted by atomic mass is 16.1. The molecule has 1 heteroatoms. The van der Waals surface area contributed by atoms with Crippen LogP contribution in [-0.2, 0) is 4.79 Å². The van der Waals surface area contributed by atoms with E-state index in [1.165, 1.54) is 0 Å². The molecule has 0 saturated carbocycles. The predicted octanol–water partition coefficient (Wildman–Crippen LogP) is 2.95. The van der Waals surface area contributed by atoms with Crippen LogP contribution in [0.4, 0.5) is 0 Å². The topological polar surface area (TPSA) is 17.1 Å². The molecule has 0 aliphatic heterocycles. The Balaban J connectivity index is 2.83. The van der Waals surface area contributed by atoms with Gasteiger partial charge < -0.3 is 0 Å². The van der Waals surface area contributed by atoms with E-state index in [2.05, 4.69) is 5.73 Å². The van der Waals surface area contributed by atoms with Gasteiger partial charge >= 0.3 is 0 Å². The average molecular weight is 174 g/mol. The normalized spacial score (nSPS) is 14.9. The zero-order valence-electron chi connectivity index (χ0n) is 8.13. The lowest BCUT2D eigenvalue weighted by atomic mass is 10.1. The summed E-state index contributed by atoms with van der Waals surface area (Å²) in [7, 11) is 0. The third-order valence-electron chi connectivity index (χ3n) is 1.87. The fraction of sp³-hybridized carbons (Fsp3) is 0.333. The second-order valence-electron chi connectivity index (χ2n) is 3.16. The number of hydrogen-bond acceptors (Lipinski definition) is 1. The third kappa shape index (κ3) is 2.89. The Hall–Kier alpha value is -1.33. The van der Waals surface area contributed by atoms with Crippen LogP contribution in [0.5, 0.6) is 0 Å². The Kier molecular flexibility index (Phi) is 3.48. The summed E-state index contributed by atoms with van der Waals surface area (Å²) in [6, 6.07) is 0. The third-order valence-corrected chi connectivity index (χ3v) is 1.87. The number of rotatable bonds is 3. The molecule has 0 atom stereocenters. The van der Waals surface area contributed by atoms with Crippen molar-refractivity contribution in [3.63, 3.8) is 0 Å². The van der Waals surface area contributed by atoms with E-state index >= 15 is 0 Å². The van der Waals surface area contributed by atoms with Crippen LogP contribution in [0.3, 0.4) is 0 Å². The molecule has 0 unspecified atom stereocenters. The van der Waals surface area contributed by atoms with Gasteiger partial charge in [-0.2, -0.15) is 0 Å². The van der Waals surface area contributed by atoms with Crippen molar-refractivity contribution in [2.24, 2.45) is 0 Å². The van der Waals surface area contributed by atoms with Gasteiger partial charge in [0, 0.05) is 12.0 Å². The molecule has 0 spiro atoms. The van der Waals surface area contributed by atoms with Gasteiger partial charge in [-0.05, 0) is 31.1 Å². The molecule has 13 heavy (non-hydrogen) atoms. The summed E-state index contributed by atoms with van der Waals surface area (Å²) in [6.45, 7) is 4.00. The molecule has 0 amide bonds. The van der Waals surface area contributed by atoms with Gasteiger partial charge in [-0.25, -0.2) is 0 Å². The van der Waals surface area contributed by atoms with Crippen LogP contribution in [0.15, 0.2) is 41.2 Å². The molecular weight excluding hydrogens is 160 g/mol. The van der Waals surface area contributed by atoms with Gasteiger partial charge in [0.2, 0.25) is 0 Å². The maximum Gasteiger partial charge on any atom is 0.163 e. The van der Waals surface area contributed by atoms with Gasteiger partial charge in [-0.15, -0.1) is 5.73 Å². The molecule has 0 aromatic heterocycles. The van der Waals surface area contributed by atoms with Crippen molar-refractivity contribution in [1.29, 1.82) is 0 Å². The molecule has 1 nitrogen and oxygen atoms in total. The summed E-state index contributed by atoms with van der Waals surface area (Å²) < 4.78 is 0. The Bertz CT molecular complexity index is 323. The quantitative estimate of drug-likeness (QED) is 0.601. The first-order chi connectivity index (χ1) is 6.24. The van der Waals surface area contributed by atoms with Crippen molar-refractivity contribution in [2.75, 3.05) is 0 Å². The Labute approximate surface area is 79.2 Å². The highest BCUT2D eigenvalue weighted by molar-refractivity contribution is 5.98. The number of hydrogen-bond donors (Lipinski definition) is 0. The van der Waals surface area contributed by atoms with Crippen molar-refractivity contribution in [3.8, 4) is 0 Å². The van der Waals surface area contributed by atoms with Crippen LogP contribution in [0.25, 0.3) is 0 Å². The lowest BCUT2D eigenvalue weighted by Gasteiger charge is -1.96. The SMILES string of the molecule is CCCC(=O)C1=CC=C(C)C=C=C1. The molecular formula is C12H14O. The van der Waals surface area contributed by atoms with Gasteiger partial charge in [0.1, 0.15) is 0 Å². The van der Waals surface area contributed by atoms with Crippen molar-refractivity contribution in [3.05, 3.63) is 41.2 Å². The van der Waals surface area contributed by atoms with Crippen LogP contribution in [-0.4, -0.2) is 5.78 Å². The largest absolute Gasteiger partial charge is 0.294 e. The summed E-state index contributed by atoms with van der Waals surface area (Å²) in [5.41, 5.74) is 4.86. The molecule has 0 saturated heterocycles. The van der Waals surface area contributed by atoms with E-state index in [4.69, 9.17) is 0 Å². The number of Topliss-reactive ketones (excluding diaryl/α,β-unsaturated/α-hetero) is 1. The minimum atomic E-state index is 0.203. The maximum absolute atomic E-state index is 11.5. The monoisotopic (exact) mass is 174 g/mol. The number of allylic oxidation sites excluding steroid dienone is 5. The van der Waals surface area contributed by atoms with Crippen LogP contribution in [0.2, 0.25) is 0 Å². The van der Waals surface area contributed by atoms with Crippen LogP contribution in [0, 0.1) is 0 Å². The van der Waals surface area contributed by atoms with Gasteiger partial charge in [-0.1, -0.05) is 19.1 Å². The first-order valence-corrected chi connectivity index (χ1v) is 4.58. The second kappa shape index (κ2) is 4.64. The first-order valence-electron chi connectivity index (χ1n) is 4.58. The van der Waals surface area contributed by atoms with Crippen molar-refractivity contribution >= 4 is 5.78 Å². The van der Waals surface area contributed by atoms with Gasteiger partial charge in [0.25, 0.3) is 0 Å². The minimum absolute atomic E-state index is 0.203. The van der Waals surface area contributed by atoms with Gasteiger partial charge in [-0.3, -0.25) is 4.79 Å². The summed E-state index contributed by atoms with van der Waals surface area (Å²) in [4.78, 5) is 11.5. The molecule has 1 rings (SSSR count). The molecule has 0 radical (unpaired) electrons. The van der Waals surface area contributed by atoms with Crippen molar-refractivity contribution < 1.29 is 4.79 Å². The minimum Gasteiger partial charge on any atom is -0.294 e. The number of carbonyl (C=O) groups is 1. The lowest BCUT2D eigenvalue weighted by molar-refractivity contribution is -0.115. The summed E-state index contributed by atoms with van der Waals surface area (Å²) in [5, 5.41) is 0. The zero-order valence-corrected chi connectivity index (χ0v) is 8.13. The fourth-order valence-corrected chi connectivity index (χ4v) is 1.13. The smallest absolute Gasteiger partial charge is 0.163 e. The van der Waals surface area contributed by atoms with Crippen molar-refractivity contribution in [2.45, 2.75) is 26.7 Å². The van der Waals surface area contributed by atoms with E-state index in [1.807, 2.05) is 32.1 Å². The Morgan fingerprint density at radius 3 is 2.85 bits per heavy atom. The zero-order chi connectivity index (χ0) is 9.68. The van der Waals surface area contributed by atoms with Gasteiger partial charge in [0.15, 0.2) is 5.78 Å². The summed E-state index contributed by atoms with van der Waals surface area (Å²) in [6.07, 6.45) is 8.96. The van der Waals surface area contributed by atoms with Crippen molar-refractivity contribution in [1.82, 2.24) is 0 Å². The summed E-state index contributed by atoms with van der Waals surface area (Å²) >= 11 is 0. The van der Waals surface area contributed by atoms with Crippen LogP contribution >= 0.6 is 0 Å². The van der Waals surface area contributed by atoms with Crippen LogP contribution < -0.4 is 0 Å². The molecule has 0 bridgehead atoms. The first kappa shape index (κ1) is 9.76.